The molecule has 4 rings (SSSR count). The van der Waals surface area contributed by atoms with Gasteiger partial charge in [-0.3, -0.25) is 14.7 Å². The highest BCUT2D eigenvalue weighted by Gasteiger charge is 2.32. The Balaban J connectivity index is 1.29. The third kappa shape index (κ3) is 4.72. The van der Waals surface area contributed by atoms with Gasteiger partial charge < -0.3 is 9.80 Å². The van der Waals surface area contributed by atoms with Crippen LogP contribution >= 0.6 is 0 Å². The first-order chi connectivity index (χ1) is 15.2. The second-order valence-corrected chi connectivity index (χ2v) is 8.54. The van der Waals surface area contributed by atoms with Crippen molar-refractivity contribution in [3.63, 3.8) is 0 Å². The van der Waals surface area contributed by atoms with E-state index in [4.69, 9.17) is 0 Å². The number of carbonyl (C=O) groups excluding carboxylic acids is 1. The summed E-state index contributed by atoms with van der Waals surface area (Å²) in [6.45, 7) is 8.38. The molecular formula is C23H28F3N5O. The van der Waals surface area contributed by atoms with Crippen LogP contribution in [0.15, 0.2) is 30.6 Å². The average molecular weight is 448 g/mol. The number of carbonyl (C=O) groups is 1. The van der Waals surface area contributed by atoms with Gasteiger partial charge in [-0.15, -0.1) is 0 Å². The number of piperidine rings is 1. The quantitative estimate of drug-likeness (QED) is 0.721. The molecule has 172 valence electrons. The van der Waals surface area contributed by atoms with Crippen molar-refractivity contribution in [3.8, 4) is 0 Å². The molecule has 0 aromatic carbocycles. The van der Waals surface area contributed by atoms with Crippen molar-refractivity contribution in [3.05, 3.63) is 53.0 Å². The van der Waals surface area contributed by atoms with Crippen molar-refractivity contribution < 1.29 is 18.0 Å². The smallest absolute Gasteiger partial charge is 0.354 e. The number of halogens is 3. The molecule has 2 saturated heterocycles. The molecule has 4 heterocycles. The number of aromatic nitrogens is 2. The highest BCUT2D eigenvalue weighted by molar-refractivity contribution is 5.96. The van der Waals surface area contributed by atoms with Crippen LogP contribution in [0.3, 0.4) is 0 Å². The van der Waals surface area contributed by atoms with E-state index in [9.17, 15) is 18.0 Å². The zero-order valence-electron chi connectivity index (χ0n) is 18.4. The number of likely N-dealkylation sites (tertiary alicyclic amines) is 1. The van der Waals surface area contributed by atoms with Gasteiger partial charge in [0.05, 0.1) is 16.8 Å². The summed E-state index contributed by atoms with van der Waals surface area (Å²) < 4.78 is 38.2. The maximum Gasteiger partial charge on any atom is 0.417 e. The molecular weight excluding hydrogens is 419 g/mol. The van der Waals surface area contributed by atoms with Crippen molar-refractivity contribution in [2.75, 3.05) is 44.2 Å². The van der Waals surface area contributed by atoms with Gasteiger partial charge in [-0.2, -0.15) is 13.2 Å². The first kappa shape index (κ1) is 22.5. The van der Waals surface area contributed by atoms with Gasteiger partial charge in [0.15, 0.2) is 0 Å². The molecule has 0 saturated carbocycles. The first-order valence-corrected chi connectivity index (χ1v) is 11.0. The Labute approximate surface area is 186 Å². The van der Waals surface area contributed by atoms with E-state index >= 15 is 0 Å². The number of rotatable bonds is 3. The van der Waals surface area contributed by atoms with Gasteiger partial charge >= 0.3 is 6.18 Å². The lowest BCUT2D eigenvalue weighted by Crippen LogP contribution is -2.54. The second kappa shape index (κ2) is 9.05. The number of hydrogen-bond donors (Lipinski definition) is 0. The van der Waals surface area contributed by atoms with Gasteiger partial charge in [-0.25, -0.2) is 4.98 Å². The van der Waals surface area contributed by atoms with Crippen LogP contribution in [0.5, 0.6) is 0 Å². The van der Waals surface area contributed by atoms with E-state index in [0.29, 0.717) is 17.4 Å². The minimum absolute atomic E-state index is 0.0600. The number of alkyl halides is 3. The highest BCUT2D eigenvalue weighted by atomic mass is 19.4. The Morgan fingerprint density at radius 2 is 1.66 bits per heavy atom. The number of hydrogen-bond acceptors (Lipinski definition) is 5. The zero-order chi connectivity index (χ0) is 22.9. The normalized spacial score (nSPS) is 18.8. The molecule has 0 N–H and O–H groups in total. The van der Waals surface area contributed by atoms with E-state index in [2.05, 4.69) is 14.9 Å². The Kier molecular flexibility index (Phi) is 6.37. The predicted molar refractivity (Wildman–Crippen MR) is 116 cm³/mol. The monoisotopic (exact) mass is 447 g/mol. The number of pyridine rings is 2. The molecule has 0 bridgehead atoms. The Hall–Kier alpha value is -2.68. The van der Waals surface area contributed by atoms with Crippen LogP contribution in [0, 0.1) is 13.8 Å². The summed E-state index contributed by atoms with van der Waals surface area (Å²) in [5.41, 5.74) is 1.71. The topological polar surface area (TPSA) is 52.6 Å². The minimum atomic E-state index is -4.37. The van der Waals surface area contributed by atoms with Crippen molar-refractivity contribution in [1.82, 2.24) is 19.8 Å². The molecule has 0 spiro atoms. The van der Waals surface area contributed by atoms with Crippen molar-refractivity contribution >= 4 is 11.7 Å². The molecule has 32 heavy (non-hydrogen) atoms. The number of amides is 1. The number of anilines is 1. The number of piperazine rings is 1. The van der Waals surface area contributed by atoms with Crippen molar-refractivity contribution in [2.24, 2.45) is 0 Å². The SMILES string of the molecule is Cc1ccnc(C)c1C(=O)N1CCC(N2CCN(c3ccc(C(F)(F)F)cn3)CC2)CC1. The average Bonchev–Trinajstić information content (AvgIpc) is 2.79. The van der Waals surface area contributed by atoms with Crippen LogP contribution in [0.25, 0.3) is 0 Å². The summed E-state index contributed by atoms with van der Waals surface area (Å²) in [6, 6.07) is 4.83. The molecule has 2 aromatic heterocycles. The Morgan fingerprint density at radius 1 is 0.969 bits per heavy atom. The summed E-state index contributed by atoms with van der Waals surface area (Å²) in [4.78, 5) is 27.7. The molecule has 2 aliphatic heterocycles. The molecule has 2 aromatic rings. The van der Waals surface area contributed by atoms with E-state index in [1.165, 1.54) is 6.07 Å². The molecule has 1 amide bonds. The summed E-state index contributed by atoms with van der Waals surface area (Å²) in [6.07, 6.45) is 0.105. The van der Waals surface area contributed by atoms with Gasteiger partial charge in [0.25, 0.3) is 5.91 Å². The highest BCUT2D eigenvalue weighted by Crippen LogP contribution is 2.30. The van der Waals surface area contributed by atoms with E-state index in [0.717, 1.165) is 75.6 Å². The molecule has 0 radical (unpaired) electrons. The summed E-state index contributed by atoms with van der Waals surface area (Å²) in [7, 11) is 0. The molecule has 6 nitrogen and oxygen atoms in total. The van der Waals surface area contributed by atoms with Crippen LogP contribution in [0.1, 0.15) is 40.0 Å². The van der Waals surface area contributed by atoms with E-state index in [-0.39, 0.29) is 5.91 Å². The maximum absolute atomic E-state index is 13.0. The van der Waals surface area contributed by atoms with Gasteiger partial charge in [-0.1, -0.05) is 0 Å². The van der Waals surface area contributed by atoms with Gasteiger partial charge in [0.1, 0.15) is 5.82 Å². The zero-order valence-corrected chi connectivity index (χ0v) is 18.4. The molecule has 2 fully saturated rings. The third-order valence-electron chi connectivity index (χ3n) is 6.54. The third-order valence-corrected chi connectivity index (χ3v) is 6.54. The Morgan fingerprint density at radius 3 is 2.22 bits per heavy atom. The predicted octanol–water partition coefficient (Wildman–Crippen LogP) is 3.54. The standard InChI is InChI=1S/C23H28F3N5O/c1-16-5-8-27-17(2)21(16)22(32)31-9-6-19(7-10-31)29-11-13-30(14-12-29)20-4-3-18(15-28-20)23(24,25)26/h3-5,8,15,19H,6-7,9-14H2,1-2H3. The van der Waals surface area contributed by atoms with Crippen molar-refractivity contribution in [1.29, 1.82) is 0 Å². The fraction of sp³-hybridized carbons (Fsp3) is 0.522. The summed E-state index contributed by atoms with van der Waals surface area (Å²) in [5, 5.41) is 0. The molecule has 0 aliphatic carbocycles. The lowest BCUT2D eigenvalue weighted by atomic mass is 10.00. The Bertz CT molecular complexity index is 927. The largest absolute Gasteiger partial charge is 0.417 e. The molecule has 0 unspecified atom stereocenters. The van der Waals surface area contributed by atoms with Crippen LogP contribution < -0.4 is 4.90 Å². The lowest BCUT2D eigenvalue weighted by molar-refractivity contribution is -0.137. The first-order valence-electron chi connectivity index (χ1n) is 11.0. The molecule has 0 atom stereocenters. The van der Waals surface area contributed by atoms with Crippen LogP contribution in [0.2, 0.25) is 0 Å². The van der Waals surface area contributed by atoms with Crippen LogP contribution in [0.4, 0.5) is 19.0 Å². The van der Waals surface area contributed by atoms with E-state index in [1.807, 2.05) is 29.7 Å². The van der Waals surface area contributed by atoms with Gasteiger partial charge in [0, 0.05) is 57.7 Å². The van der Waals surface area contributed by atoms with Crippen molar-refractivity contribution in [2.45, 2.75) is 38.9 Å². The molecule has 9 heteroatoms. The van der Waals surface area contributed by atoms with E-state index in [1.54, 1.807) is 6.20 Å². The summed E-state index contributed by atoms with van der Waals surface area (Å²) >= 11 is 0. The minimum Gasteiger partial charge on any atom is -0.354 e. The van der Waals surface area contributed by atoms with E-state index < -0.39 is 11.7 Å². The molecule has 2 aliphatic rings. The lowest BCUT2D eigenvalue weighted by Gasteiger charge is -2.43. The van der Waals surface area contributed by atoms with Gasteiger partial charge in [-0.05, 0) is 50.5 Å². The van der Waals surface area contributed by atoms with Gasteiger partial charge in [0.2, 0.25) is 0 Å². The van der Waals surface area contributed by atoms with Crippen LogP contribution in [-0.4, -0.2) is 71.0 Å². The summed E-state index contributed by atoms with van der Waals surface area (Å²) in [5.74, 6) is 0.644. The second-order valence-electron chi connectivity index (χ2n) is 8.54. The number of nitrogens with zero attached hydrogens (tertiary/aromatic N) is 5. The maximum atomic E-state index is 13.0. The fourth-order valence-corrected chi connectivity index (χ4v) is 4.67. The number of aryl methyl sites for hydroxylation is 2. The fourth-order valence-electron chi connectivity index (χ4n) is 4.67. The van der Waals surface area contributed by atoms with Crippen LogP contribution in [-0.2, 0) is 6.18 Å².